The molecule has 6 heavy (non-hydrogen) atoms. The monoisotopic (exact) mass is 82.1 g/mol. The van der Waals surface area contributed by atoms with Crippen molar-refractivity contribution in [2.75, 3.05) is 0 Å². The molecule has 0 bridgehead atoms. The molecule has 0 atom stereocenters. The number of hydrogen-bond donors (Lipinski definition) is 0. The molecule has 0 amide bonds. The van der Waals surface area contributed by atoms with Crippen LogP contribution in [-0.4, -0.2) is 0 Å². The van der Waals surface area contributed by atoms with Crippen molar-refractivity contribution < 1.29 is 0 Å². The Morgan fingerprint density at radius 2 is 2.33 bits per heavy atom. The summed E-state index contributed by atoms with van der Waals surface area (Å²) in [6.07, 6.45) is 8.06. The molecule has 2 radical (unpaired) electrons. The van der Waals surface area contributed by atoms with Crippen LogP contribution in [0.1, 0.15) is 20.3 Å². The van der Waals surface area contributed by atoms with E-state index in [0.29, 0.717) is 0 Å². The number of hydrogen-bond acceptors (Lipinski definition) is 0. The van der Waals surface area contributed by atoms with Crippen LogP contribution in [0, 0.1) is 12.5 Å². The molecule has 0 unspecified atom stereocenters. The van der Waals surface area contributed by atoms with Crippen molar-refractivity contribution in [3.05, 3.63) is 18.6 Å². The van der Waals surface area contributed by atoms with Crippen molar-refractivity contribution in [3.8, 4) is 0 Å². The molecule has 0 fully saturated rings. The molecule has 0 aliphatic rings. The lowest BCUT2D eigenvalue weighted by Crippen LogP contribution is -1.57. The zero-order valence-electron chi connectivity index (χ0n) is 4.36. The van der Waals surface area contributed by atoms with Crippen molar-refractivity contribution in [3.63, 3.8) is 0 Å². The molecular formula is C6H10. The first-order valence-electron chi connectivity index (χ1n) is 2.18. The minimum Gasteiger partial charge on any atom is -0.0811 e. The van der Waals surface area contributed by atoms with E-state index in [2.05, 4.69) is 12.5 Å². The van der Waals surface area contributed by atoms with E-state index in [0.717, 1.165) is 6.42 Å². The van der Waals surface area contributed by atoms with Gasteiger partial charge in [-0.25, -0.2) is 0 Å². The van der Waals surface area contributed by atoms with Crippen LogP contribution < -0.4 is 0 Å². The Bertz CT molecular complexity index is 35.3. The van der Waals surface area contributed by atoms with Crippen LogP contribution in [-0.2, 0) is 0 Å². The first-order valence-corrected chi connectivity index (χ1v) is 2.18. The molecule has 0 spiro atoms. The van der Waals surface area contributed by atoms with E-state index in [1.54, 1.807) is 0 Å². The van der Waals surface area contributed by atoms with Crippen LogP contribution in [0.25, 0.3) is 0 Å². The first-order chi connectivity index (χ1) is 2.91. The van der Waals surface area contributed by atoms with E-state index in [1.165, 1.54) is 0 Å². The van der Waals surface area contributed by atoms with E-state index in [9.17, 15) is 0 Å². The smallest absolute Gasteiger partial charge is 0.0316 e. The highest BCUT2D eigenvalue weighted by atomic mass is 13.7. The van der Waals surface area contributed by atoms with Gasteiger partial charge in [0.2, 0.25) is 0 Å². The predicted molar refractivity (Wildman–Crippen MR) is 28.1 cm³/mol. The predicted octanol–water partition coefficient (Wildman–Crippen LogP) is 1.98. The Morgan fingerprint density at radius 1 is 1.67 bits per heavy atom. The summed E-state index contributed by atoms with van der Waals surface area (Å²) in [5.74, 6) is 0. The molecule has 0 nitrogen and oxygen atoms in total. The van der Waals surface area contributed by atoms with Gasteiger partial charge in [-0.05, 0) is 19.8 Å². The Morgan fingerprint density at radius 3 is 2.50 bits per heavy atom. The minimum absolute atomic E-state index is 1.05. The summed E-state index contributed by atoms with van der Waals surface area (Å²) in [7, 11) is 0. The molecule has 34 valence electrons. The Kier molecular flexibility index (Phi) is 4.53. The lowest BCUT2D eigenvalue weighted by atomic mass is 10.3. The summed E-state index contributed by atoms with van der Waals surface area (Å²) < 4.78 is 0. The van der Waals surface area contributed by atoms with Crippen molar-refractivity contribution >= 4 is 0 Å². The van der Waals surface area contributed by atoms with Gasteiger partial charge in [0.15, 0.2) is 0 Å². The van der Waals surface area contributed by atoms with Crippen molar-refractivity contribution in [2.24, 2.45) is 0 Å². The Hall–Kier alpha value is -0.260. The van der Waals surface area contributed by atoms with Crippen LogP contribution >= 0.6 is 0 Å². The Labute approximate surface area is 39.9 Å². The van der Waals surface area contributed by atoms with Gasteiger partial charge in [-0.2, -0.15) is 0 Å². The summed E-state index contributed by atoms with van der Waals surface area (Å²) in [6, 6.07) is 0. The average molecular weight is 82.1 g/mol. The normalized spacial score (nSPS) is 10.3. The van der Waals surface area contributed by atoms with Gasteiger partial charge < -0.3 is 0 Å². The summed E-state index contributed by atoms with van der Waals surface area (Å²) in [5.41, 5.74) is 0. The second-order valence-corrected chi connectivity index (χ2v) is 1.14. The third-order valence-corrected chi connectivity index (χ3v) is 0.558. The van der Waals surface area contributed by atoms with Gasteiger partial charge in [-0.1, -0.05) is 19.1 Å². The number of allylic oxidation sites excluding steroid dienone is 2. The molecule has 0 rings (SSSR count). The van der Waals surface area contributed by atoms with E-state index in [-0.39, 0.29) is 0 Å². The summed E-state index contributed by atoms with van der Waals surface area (Å²) in [6.45, 7) is 3.94. The van der Waals surface area contributed by atoms with E-state index in [1.807, 2.05) is 19.9 Å². The number of rotatable bonds is 2. The van der Waals surface area contributed by atoms with Gasteiger partial charge >= 0.3 is 0 Å². The Balaban J connectivity index is 2.66. The number of unbranched alkanes of at least 4 members (excludes halogenated alkanes) is 1. The summed E-state index contributed by atoms with van der Waals surface area (Å²) in [5, 5.41) is 0. The zero-order valence-corrected chi connectivity index (χ0v) is 4.36. The summed E-state index contributed by atoms with van der Waals surface area (Å²) in [4.78, 5) is 0. The lowest BCUT2D eigenvalue weighted by molar-refractivity contribution is 1.20. The maximum atomic E-state index is 2.91. The molecule has 0 aliphatic heterocycles. The van der Waals surface area contributed by atoms with Crippen molar-refractivity contribution in [1.29, 1.82) is 0 Å². The molecule has 0 aliphatic carbocycles. The van der Waals surface area contributed by atoms with E-state index >= 15 is 0 Å². The van der Waals surface area contributed by atoms with Crippen LogP contribution in [0.4, 0.5) is 0 Å². The molecule has 0 aromatic heterocycles. The molecule has 0 aromatic carbocycles. The molecule has 0 heteroatoms. The first kappa shape index (κ1) is 5.74. The van der Waals surface area contributed by atoms with Crippen molar-refractivity contribution in [1.82, 2.24) is 0 Å². The largest absolute Gasteiger partial charge is 0.0811 e. The third kappa shape index (κ3) is 3.74. The third-order valence-electron chi connectivity index (χ3n) is 0.558. The topological polar surface area (TPSA) is 0 Å². The molecular weight excluding hydrogens is 72.1 g/mol. The maximum Gasteiger partial charge on any atom is -0.0316 e. The van der Waals surface area contributed by atoms with Gasteiger partial charge in [0, 0.05) is 0 Å². The van der Waals surface area contributed by atoms with Gasteiger partial charge in [-0.3, -0.25) is 0 Å². The maximum absolute atomic E-state index is 2.91. The van der Waals surface area contributed by atoms with Gasteiger partial charge in [0.25, 0.3) is 0 Å². The zero-order chi connectivity index (χ0) is 4.83. The molecule has 0 aromatic rings. The SMILES string of the molecule is C/[C]=C/C[CH]C. The molecule has 0 saturated carbocycles. The molecule has 0 saturated heterocycles. The van der Waals surface area contributed by atoms with Crippen LogP contribution in [0.5, 0.6) is 0 Å². The molecule has 0 heterocycles. The second kappa shape index (κ2) is 4.74. The van der Waals surface area contributed by atoms with E-state index < -0.39 is 0 Å². The highest BCUT2D eigenvalue weighted by Crippen LogP contribution is 1.83. The van der Waals surface area contributed by atoms with Crippen LogP contribution in [0.2, 0.25) is 0 Å². The quantitative estimate of drug-likeness (QED) is 0.478. The minimum atomic E-state index is 1.05. The highest BCUT2D eigenvalue weighted by molar-refractivity contribution is 4.75. The van der Waals surface area contributed by atoms with E-state index in [4.69, 9.17) is 0 Å². The average Bonchev–Trinajstić information content (AvgIpc) is 1.61. The fraction of sp³-hybridized carbons (Fsp3) is 0.500. The van der Waals surface area contributed by atoms with Crippen LogP contribution in [0.3, 0.4) is 0 Å². The molecule has 0 N–H and O–H groups in total. The fourth-order valence-corrected chi connectivity index (χ4v) is 0.236. The second-order valence-electron chi connectivity index (χ2n) is 1.14. The van der Waals surface area contributed by atoms with Gasteiger partial charge in [-0.15, -0.1) is 0 Å². The van der Waals surface area contributed by atoms with Crippen LogP contribution in [0.15, 0.2) is 6.08 Å². The standard InChI is InChI=1S/C6H10/c1-3-5-6-4-2/h3,6H,5H2,1-2H3. The van der Waals surface area contributed by atoms with Gasteiger partial charge in [0.05, 0.1) is 0 Å². The summed E-state index contributed by atoms with van der Waals surface area (Å²) >= 11 is 0. The lowest BCUT2D eigenvalue weighted by Gasteiger charge is -1.75. The van der Waals surface area contributed by atoms with Crippen molar-refractivity contribution in [2.45, 2.75) is 20.3 Å². The fourth-order valence-electron chi connectivity index (χ4n) is 0.236. The highest BCUT2D eigenvalue weighted by Gasteiger charge is 1.65. The van der Waals surface area contributed by atoms with Gasteiger partial charge in [0.1, 0.15) is 0 Å².